The second-order valence-electron chi connectivity index (χ2n) is 8.14. The maximum absolute atomic E-state index is 12.8. The Morgan fingerprint density at radius 2 is 2.12 bits per heavy atom. The van der Waals surface area contributed by atoms with E-state index in [-0.39, 0.29) is 42.5 Å². The molecular weight excluding hydrogens is 424 g/mol. The van der Waals surface area contributed by atoms with E-state index < -0.39 is 30.0 Å². The molecule has 1 saturated carbocycles. The van der Waals surface area contributed by atoms with E-state index in [4.69, 9.17) is 20.6 Å². The van der Waals surface area contributed by atoms with E-state index >= 15 is 0 Å². The molecule has 1 amide bonds. The zero-order valence-corrected chi connectivity index (χ0v) is 17.5. The number of carbonyl (C=O) groups excluding carboxylic acids is 1. The fraction of sp³-hybridized carbons (Fsp3) is 0.429. The lowest BCUT2D eigenvalue weighted by atomic mass is 9.82. The molecule has 1 aliphatic carbocycles. The summed E-state index contributed by atoms with van der Waals surface area (Å²) in [4.78, 5) is 26.1. The number of nitriles is 1. The van der Waals surface area contributed by atoms with Crippen molar-refractivity contribution >= 4 is 11.7 Å². The van der Waals surface area contributed by atoms with Crippen molar-refractivity contribution < 1.29 is 28.3 Å². The first-order valence-corrected chi connectivity index (χ1v) is 9.84. The summed E-state index contributed by atoms with van der Waals surface area (Å²) < 4.78 is 31.4. The largest absolute Gasteiger partial charge is 0.474 e. The summed E-state index contributed by atoms with van der Waals surface area (Å²) in [6.07, 6.45) is -2.80. The molecule has 3 rings (SSSR count). The van der Waals surface area contributed by atoms with Gasteiger partial charge in [-0.15, -0.1) is 0 Å². The van der Waals surface area contributed by atoms with Gasteiger partial charge in [-0.1, -0.05) is 12.1 Å². The van der Waals surface area contributed by atoms with Crippen molar-refractivity contribution in [1.29, 1.82) is 5.26 Å². The summed E-state index contributed by atoms with van der Waals surface area (Å²) in [6.45, 7) is 2.78. The average Bonchev–Trinajstić information content (AvgIpc) is 2.68. The van der Waals surface area contributed by atoms with Crippen LogP contribution in [-0.4, -0.2) is 45.7 Å². The van der Waals surface area contributed by atoms with Gasteiger partial charge in [0.2, 0.25) is 12.3 Å². The first-order valence-electron chi connectivity index (χ1n) is 9.84. The van der Waals surface area contributed by atoms with Crippen molar-refractivity contribution in [2.24, 2.45) is 5.92 Å². The molecule has 1 aromatic carbocycles. The second kappa shape index (κ2) is 9.42. The van der Waals surface area contributed by atoms with Crippen LogP contribution in [0.15, 0.2) is 24.3 Å². The molecule has 2 aromatic rings. The molecule has 1 aromatic heterocycles. The number of halogens is 2. The van der Waals surface area contributed by atoms with E-state index in [0.29, 0.717) is 11.1 Å². The van der Waals surface area contributed by atoms with Crippen LogP contribution < -0.4 is 16.0 Å². The van der Waals surface area contributed by atoms with Crippen molar-refractivity contribution in [2.75, 3.05) is 12.3 Å². The van der Waals surface area contributed by atoms with Crippen LogP contribution in [0.5, 0.6) is 5.88 Å². The first-order chi connectivity index (χ1) is 15.1. The number of amides is 1. The normalized spacial score (nSPS) is 18.0. The zero-order valence-electron chi connectivity index (χ0n) is 17.5. The smallest absolute Gasteiger partial charge is 0.284 e. The number of anilines is 1. The van der Waals surface area contributed by atoms with E-state index in [1.807, 2.05) is 6.07 Å². The van der Waals surface area contributed by atoms with Gasteiger partial charge < -0.3 is 15.6 Å². The molecule has 0 radical (unpaired) electrons. The minimum Gasteiger partial charge on any atom is -0.474 e. The Morgan fingerprint density at radius 1 is 1.41 bits per heavy atom. The molecular formula is C21H23F2N5O4. The third kappa shape index (κ3) is 5.66. The molecule has 0 aliphatic heterocycles. The molecule has 11 heteroatoms. The number of ether oxygens (including phenoxy) is 1. The predicted molar refractivity (Wildman–Crippen MR) is 109 cm³/mol. The topological polar surface area (TPSA) is 143 Å². The second-order valence-corrected chi connectivity index (χ2v) is 8.14. The number of nitrogens with two attached hydrogens (primary N) is 1. The first kappa shape index (κ1) is 23.3. The van der Waals surface area contributed by atoms with Crippen molar-refractivity contribution in [3.63, 3.8) is 0 Å². The molecule has 1 heterocycles. The Labute approximate surface area is 183 Å². The fourth-order valence-corrected chi connectivity index (χ4v) is 3.01. The predicted octanol–water partition coefficient (Wildman–Crippen LogP) is 2.45. The highest BCUT2D eigenvalue weighted by atomic mass is 19.3. The number of hydroxylamine groups is 1. The molecule has 32 heavy (non-hydrogen) atoms. The van der Waals surface area contributed by atoms with Crippen LogP contribution in [0.4, 0.5) is 14.6 Å². The molecule has 170 valence electrons. The maximum Gasteiger partial charge on any atom is 0.284 e. The lowest BCUT2D eigenvalue weighted by Crippen LogP contribution is -2.38. The maximum atomic E-state index is 12.8. The van der Waals surface area contributed by atoms with Crippen LogP contribution >= 0.6 is 0 Å². The van der Waals surface area contributed by atoms with Crippen molar-refractivity contribution in [2.45, 2.75) is 44.8 Å². The van der Waals surface area contributed by atoms with E-state index in [9.17, 15) is 18.7 Å². The monoisotopic (exact) mass is 447 g/mol. The molecule has 1 fully saturated rings. The van der Waals surface area contributed by atoms with Crippen molar-refractivity contribution in [1.82, 2.24) is 15.4 Å². The number of aliphatic hydroxyl groups is 1. The highest BCUT2D eigenvalue weighted by Gasteiger charge is 2.38. The number of nitrogen functional groups attached to an aromatic ring is 1. The summed E-state index contributed by atoms with van der Waals surface area (Å²) in [5, 5.41) is 18.8. The van der Waals surface area contributed by atoms with E-state index in [1.165, 1.54) is 13.8 Å². The number of benzene rings is 1. The Hall–Kier alpha value is -3.36. The van der Waals surface area contributed by atoms with Crippen LogP contribution in [0.3, 0.4) is 0 Å². The quantitative estimate of drug-likeness (QED) is 0.524. The summed E-state index contributed by atoms with van der Waals surface area (Å²) in [6, 6.07) is 8.44. The molecule has 4 N–H and O–H groups in total. The molecule has 0 saturated heterocycles. The number of rotatable bonds is 8. The highest BCUT2D eigenvalue weighted by molar-refractivity contribution is 6.00. The molecule has 0 bridgehead atoms. The lowest BCUT2D eigenvalue weighted by molar-refractivity contribution is -0.0527. The minimum atomic E-state index is -2.45. The van der Waals surface area contributed by atoms with Gasteiger partial charge in [0, 0.05) is 11.5 Å². The SMILES string of the molecule is CC(C)(O)CONC(=O)c1c(N)nc(-c2cccc(C#N)c2)nc1OC1CC(C(F)F)C1. The fourth-order valence-electron chi connectivity index (χ4n) is 3.01. The van der Waals surface area contributed by atoms with E-state index in [0.717, 1.165) is 0 Å². The van der Waals surface area contributed by atoms with Crippen molar-refractivity contribution in [3.8, 4) is 23.3 Å². The van der Waals surface area contributed by atoms with Crippen LogP contribution in [-0.2, 0) is 4.84 Å². The summed E-state index contributed by atoms with van der Waals surface area (Å²) in [5.41, 5.74) is 7.58. The zero-order chi connectivity index (χ0) is 23.5. The van der Waals surface area contributed by atoms with Gasteiger partial charge in [0.1, 0.15) is 24.1 Å². The third-order valence-corrected chi connectivity index (χ3v) is 4.74. The van der Waals surface area contributed by atoms with Crippen LogP contribution in [0, 0.1) is 17.2 Å². The summed E-state index contributed by atoms with van der Waals surface area (Å²) >= 11 is 0. The van der Waals surface area contributed by atoms with Crippen molar-refractivity contribution in [3.05, 3.63) is 35.4 Å². The minimum absolute atomic E-state index is 0.105. The van der Waals surface area contributed by atoms with Crippen LogP contribution in [0.2, 0.25) is 0 Å². The van der Waals surface area contributed by atoms with Gasteiger partial charge in [0.15, 0.2) is 5.82 Å². The number of aromatic nitrogens is 2. The number of nitrogens with zero attached hydrogens (tertiary/aromatic N) is 3. The molecule has 0 atom stereocenters. The third-order valence-electron chi connectivity index (χ3n) is 4.74. The lowest BCUT2D eigenvalue weighted by Gasteiger charge is -2.34. The standard InChI is InChI=1S/C21H23F2N5O4/c1-21(2,30)10-31-28-19(29)15-17(25)26-18(12-5-3-4-11(6-12)9-24)27-20(15)32-14-7-13(8-14)16(22)23/h3-6,13-14,16,30H,7-8,10H2,1-2H3,(H,28,29)(H2,25,26,27). The van der Waals surface area contributed by atoms with Gasteiger partial charge >= 0.3 is 0 Å². The number of carbonyl (C=O) groups is 1. The van der Waals surface area contributed by atoms with Gasteiger partial charge in [0.05, 0.1) is 17.2 Å². The van der Waals surface area contributed by atoms with Crippen LogP contribution in [0.1, 0.15) is 42.6 Å². The van der Waals surface area contributed by atoms with E-state index in [1.54, 1.807) is 24.3 Å². The molecule has 1 aliphatic rings. The number of alkyl halides is 2. The molecule has 0 spiro atoms. The van der Waals surface area contributed by atoms with Gasteiger partial charge in [-0.2, -0.15) is 10.2 Å². The number of nitrogens with one attached hydrogen (secondary N) is 1. The molecule has 9 nitrogen and oxygen atoms in total. The summed E-state index contributed by atoms with van der Waals surface area (Å²) in [5.74, 6) is -1.89. The number of hydrogen-bond donors (Lipinski definition) is 3. The van der Waals surface area contributed by atoms with Gasteiger partial charge in [-0.3, -0.25) is 9.63 Å². The Morgan fingerprint density at radius 3 is 2.75 bits per heavy atom. The number of hydrogen-bond acceptors (Lipinski definition) is 8. The van der Waals surface area contributed by atoms with Gasteiger partial charge in [-0.25, -0.2) is 19.2 Å². The Balaban J connectivity index is 1.90. The van der Waals surface area contributed by atoms with Crippen LogP contribution in [0.25, 0.3) is 11.4 Å². The van der Waals surface area contributed by atoms with E-state index in [2.05, 4.69) is 15.4 Å². The average molecular weight is 447 g/mol. The highest BCUT2D eigenvalue weighted by Crippen LogP contribution is 2.37. The Kier molecular flexibility index (Phi) is 6.86. The van der Waals surface area contributed by atoms with Gasteiger partial charge in [-0.05, 0) is 38.8 Å². The Bertz CT molecular complexity index is 1030. The molecule has 0 unspecified atom stereocenters. The summed E-state index contributed by atoms with van der Waals surface area (Å²) in [7, 11) is 0. The van der Waals surface area contributed by atoms with Gasteiger partial charge in [0.25, 0.3) is 5.91 Å².